The Kier molecular flexibility index (Phi) is 4.76. The summed E-state index contributed by atoms with van der Waals surface area (Å²) >= 11 is 0. The molecule has 0 aromatic rings. The van der Waals surface area contributed by atoms with Gasteiger partial charge in [-0.1, -0.05) is 46.8 Å². The molecule has 23 heavy (non-hydrogen) atoms. The lowest BCUT2D eigenvalue weighted by molar-refractivity contribution is -0.146. The molecule has 134 valence electrons. The van der Waals surface area contributed by atoms with E-state index in [4.69, 9.17) is 4.43 Å². The lowest BCUT2D eigenvalue weighted by atomic mass is 9.51. The maximum absolute atomic E-state index is 11.1. The molecule has 2 aliphatic carbocycles. The van der Waals surface area contributed by atoms with Gasteiger partial charge in [0.25, 0.3) is 0 Å². The van der Waals surface area contributed by atoms with E-state index in [1.165, 1.54) is 12.0 Å². The van der Waals surface area contributed by atoms with E-state index in [1.54, 1.807) is 0 Å². The van der Waals surface area contributed by atoms with Crippen molar-refractivity contribution in [2.24, 2.45) is 17.3 Å². The molecule has 3 heteroatoms. The van der Waals surface area contributed by atoms with E-state index in [0.717, 1.165) is 19.3 Å². The molecule has 2 rings (SSSR count). The first kappa shape index (κ1) is 19.2. The van der Waals surface area contributed by atoms with E-state index >= 15 is 0 Å². The zero-order chi connectivity index (χ0) is 17.8. The summed E-state index contributed by atoms with van der Waals surface area (Å²) in [4.78, 5) is 0. The van der Waals surface area contributed by atoms with Gasteiger partial charge in [0, 0.05) is 11.3 Å². The Bertz CT molecular complexity index is 475. The first-order chi connectivity index (χ1) is 10.2. The van der Waals surface area contributed by atoms with Crippen molar-refractivity contribution in [3.63, 3.8) is 0 Å². The summed E-state index contributed by atoms with van der Waals surface area (Å²) in [5, 5.41) is 11.3. The average Bonchev–Trinajstić information content (AvgIpc) is 2.36. The number of hydrogen-bond acceptors (Lipinski definition) is 2. The first-order valence-electron chi connectivity index (χ1n) is 9.31. The Hall–Kier alpha value is -0.123. The van der Waals surface area contributed by atoms with Crippen LogP contribution in [-0.2, 0) is 4.43 Å². The predicted octanol–water partition coefficient (Wildman–Crippen LogP) is 5.53. The Balaban J connectivity index is 2.35. The van der Waals surface area contributed by atoms with Crippen molar-refractivity contribution in [1.29, 1.82) is 0 Å². The van der Waals surface area contributed by atoms with E-state index in [2.05, 4.69) is 54.3 Å². The second-order valence-electron chi connectivity index (χ2n) is 10.2. The van der Waals surface area contributed by atoms with E-state index in [-0.39, 0.29) is 22.5 Å². The molecule has 0 aliphatic heterocycles. The van der Waals surface area contributed by atoms with Crippen molar-refractivity contribution in [2.45, 2.75) is 97.1 Å². The molecule has 0 radical (unpaired) electrons. The van der Waals surface area contributed by atoms with Gasteiger partial charge in [-0.15, -0.1) is 0 Å². The first-order valence-corrected chi connectivity index (χ1v) is 12.2. The van der Waals surface area contributed by atoms with Crippen LogP contribution in [0.4, 0.5) is 0 Å². The fraction of sp³-hybridized carbons (Fsp3) is 0.900. The highest BCUT2D eigenvalue weighted by Crippen LogP contribution is 2.58. The third kappa shape index (κ3) is 3.21. The fourth-order valence-corrected chi connectivity index (χ4v) is 6.10. The molecule has 1 N–H and O–H groups in total. The van der Waals surface area contributed by atoms with Crippen molar-refractivity contribution in [3.8, 4) is 0 Å². The minimum absolute atomic E-state index is 0.0147. The van der Waals surface area contributed by atoms with E-state index in [9.17, 15) is 5.11 Å². The van der Waals surface area contributed by atoms with Crippen LogP contribution in [0.5, 0.6) is 0 Å². The summed E-state index contributed by atoms with van der Waals surface area (Å²) in [5.74, 6) is 0.661. The molecular weight excluding hydrogens is 300 g/mol. The lowest BCUT2D eigenvalue weighted by Crippen LogP contribution is -2.61. The minimum atomic E-state index is -1.81. The average molecular weight is 339 g/mol. The van der Waals surface area contributed by atoms with Crippen molar-refractivity contribution in [1.82, 2.24) is 0 Å². The van der Waals surface area contributed by atoms with E-state index < -0.39 is 13.9 Å². The molecule has 0 amide bonds. The zero-order valence-corrected chi connectivity index (χ0v) is 17.6. The molecule has 0 saturated heterocycles. The zero-order valence-electron chi connectivity index (χ0n) is 16.6. The van der Waals surface area contributed by atoms with Gasteiger partial charge in [-0.25, -0.2) is 0 Å². The molecule has 5 atom stereocenters. The molecule has 0 unspecified atom stereocenters. The summed E-state index contributed by atoms with van der Waals surface area (Å²) in [6.45, 7) is 22.6. The van der Waals surface area contributed by atoms with Gasteiger partial charge < -0.3 is 9.53 Å². The Morgan fingerprint density at radius 2 is 1.74 bits per heavy atom. The van der Waals surface area contributed by atoms with Gasteiger partial charge in [0.15, 0.2) is 8.32 Å². The monoisotopic (exact) mass is 338 g/mol. The standard InChI is InChI=1S/C20H38O2Si/c1-14-10-12-19(6)16(22-23(8,9)18(3,4)5)11-13-20(7,21)17(19)15(14)2/h14,16-17,21H,2,10-13H2,1,3-9H3/t14-,16+,17+,19-,20-/m1/s1. The topological polar surface area (TPSA) is 29.5 Å². The number of aliphatic hydroxyl groups is 1. The van der Waals surface area contributed by atoms with Crippen LogP contribution >= 0.6 is 0 Å². The Morgan fingerprint density at radius 1 is 1.17 bits per heavy atom. The Labute approximate surface area is 144 Å². The summed E-state index contributed by atoms with van der Waals surface area (Å²) in [5.41, 5.74) is 0.613. The SMILES string of the molecule is C=C1[C@H](C)CC[C@]2(C)[C@@H](O[Si](C)(C)C(C)(C)C)CC[C@@](C)(O)[C@@H]12. The van der Waals surface area contributed by atoms with Crippen LogP contribution in [0.25, 0.3) is 0 Å². The molecule has 2 nitrogen and oxygen atoms in total. The van der Waals surface area contributed by atoms with Crippen LogP contribution in [0.3, 0.4) is 0 Å². The highest BCUT2D eigenvalue weighted by Gasteiger charge is 2.58. The van der Waals surface area contributed by atoms with Crippen molar-refractivity contribution in [3.05, 3.63) is 12.2 Å². The minimum Gasteiger partial charge on any atom is -0.413 e. The van der Waals surface area contributed by atoms with E-state index in [1.807, 2.05) is 6.92 Å². The van der Waals surface area contributed by atoms with Crippen LogP contribution < -0.4 is 0 Å². The lowest BCUT2D eigenvalue weighted by Gasteiger charge is -2.59. The molecule has 0 spiro atoms. The molecule has 2 fully saturated rings. The highest BCUT2D eigenvalue weighted by molar-refractivity contribution is 6.74. The molecule has 0 aromatic heterocycles. The largest absolute Gasteiger partial charge is 0.413 e. The second kappa shape index (κ2) is 5.71. The molecule has 0 aromatic carbocycles. The number of rotatable bonds is 2. The quantitative estimate of drug-likeness (QED) is 0.530. The maximum atomic E-state index is 11.1. The van der Waals surface area contributed by atoms with Gasteiger partial charge in [0.1, 0.15) is 0 Å². The normalized spacial score (nSPS) is 42.5. The van der Waals surface area contributed by atoms with Gasteiger partial charge >= 0.3 is 0 Å². The number of fused-ring (bicyclic) bond motifs is 1. The molecule has 0 bridgehead atoms. The van der Waals surface area contributed by atoms with Crippen LogP contribution in [0, 0.1) is 17.3 Å². The third-order valence-electron chi connectivity index (χ3n) is 7.29. The molecule has 2 saturated carbocycles. The molecular formula is C20H38O2Si. The fourth-order valence-electron chi connectivity index (χ4n) is 4.65. The number of hydrogen-bond donors (Lipinski definition) is 1. The summed E-state index contributed by atoms with van der Waals surface area (Å²) in [6.07, 6.45) is 4.33. The summed E-state index contributed by atoms with van der Waals surface area (Å²) < 4.78 is 6.88. The highest BCUT2D eigenvalue weighted by atomic mass is 28.4. The molecule has 0 heterocycles. The third-order valence-corrected chi connectivity index (χ3v) is 11.8. The predicted molar refractivity (Wildman–Crippen MR) is 101 cm³/mol. The van der Waals surface area contributed by atoms with Crippen LogP contribution in [-0.4, -0.2) is 25.1 Å². The van der Waals surface area contributed by atoms with Gasteiger partial charge in [-0.05, 0) is 56.7 Å². The van der Waals surface area contributed by atoms with Crippen molar-refractivity contribution < 1.29 is 9.53 Å². The maximum Gasteiger partial charge on any atom is 0.192 e. The van der Waals surface area contributed by atoms with Crippen LogP contribution in [0.1, 0.15) is 67.2 Å². The Morgan fingerprint density at radius 3 is 2.26 bits per heavy atom. The second-order valence-corrected chi connectivity index (χ2v) is 15.0. The van der Waals surface area contributed by atoms with Gasteiger partial charge in [-0.3, -0.25) is 0 Å². The smallest absolute Gasteiger partial charge is 0.192 e. The van der Waals surface area contributed by atoms with Gasteiger partial charge in [0.2, 0.25) is 0 Å². The summed E-state index contributed by atoms with van der Waals surface area (Å²) in [7, 11) is -1.81. The van der Waals surface area contributed by atoms with Gasteiger partial charge in [0.05, 0.1) is 11.7 Å². The van der Waals surface area contributed by atoms with Crippen LogP contribution in [0.2, 0.25) is 18.1 Å². The van der Waals surface area contributed by atoms with Crippen LogP contribution in [0.15, 0.2) is 12.2 Å². The summed E-state index contributed by atoms with van der Waals surface area (Å²) in [6, 6.07) is 0. The van der Waals surface area contributed by atoms with Crippen molar-refractivity contribution in [2.75, 3.05) is 0 Å². The molecule has 2 aliphatic rings. The van der Waals surface area contributed by atoms with E-state index in [0.29, 0.717) is 5.92 Å². The van der Waals surface area contributed by atoms with Crippen molar-refractivity contribution >= 4 is 8.32 Å². The van der Waals surface area contributed by atoms with Gasteiger partial charge in [-0.2, -0.15) is 0 Å².